The lowest BCUT2D eigenvalue weighted by atomic mass is 9.96. The smallest absolute Gasteiger partial charge is 0.330 e. The van der Waals surface area contributed by atoms with Crippen LogP contribution in [0.5, 0.6) is 0 Å². The molecule has 0 aromatic heterocycles. The van der Waals surface area contributed by atoms with Crippen molar-refractivity contribution in [3.05, 3.63) is 35.9 Å². The number of rotatable bonds is 9. The Bertz CT molecular complexity index is 625. The Kier molecular flexibility index (Phi) is 12.8. The van der Waals surface area contributed by atoms with Gasteiger partial charge in [-0.2, -0.15) is 0 Å². The summed E-state index contributed by atoms with van der Waals surface area (Å²) in [5.41, 5.74) is 5.98. The molecule has 1 aromatic rings. The number of carbonyl (C=O) groups is 2. The van der Waals surface area contributed by atoms with Crippen molar-refractivity contribution in [2.45, 2.75) is 91.5 Å². The summed E-state index contributed by atoms with van der Waals surface area (Å²) in [4.78, 5) is 27.0. The SMILES string of the molecule is CC(C)OC(=O)C(C)N=Cc1ccccc1.CCCCC(C)(N)C(=O)OC(C)C. The monoisotopic (exact) mass is 406 g/mol. The van der Waals surface area contributed by atoms with E-state index in [-0.39, 0.29) is 24.1 Å². The van der Waals surface area contributed by atoms with Crippen LogP contribution in [0.15, 0.2) is 35.3 Å². The van der Waals surface area contributed by atoms with Gasteiger partial charge in [-0.15, -0.1) is 0 Å². The third kappa shape index (κ3) is 12.8. The molecule has 2 N–H and O–H groups in total. The third-order valence-corrected chi connectivity index (χ3v) is 3.80. The van der Waals surface area contributed by atoms with E-state index in [0.29, 0.717) is 6.42 Å². The van der Waals surface area contributed by atoms with Crippen molar-refractivity contribution in [3.8, 4) is 0 Å². The Labute approximate surface area is 175 Å². The maximum atomic E-state index is 11.4. The van der Waals surface area contributed by atoms with Crippen LogP contribution in [0.2, 0.25) is 0 Å². The standard InChI is InChI=1S/C13H17NO2.C10H21NO2/c1-10(2)16-13(15)11(3)14-9-12-7-5-4-6-8-12;1-5-6-7-10(4,11)9(12)13-8(2)3/h4-11H,1-3H3;8H,5-7,11H2,1-4H3. The number of nitrogens with zero attached hydrogens (tertiary/aromatic N) is 1. The number of carbonyl (C=O) groups excluding carboxylic acids is 2. The number of ether oxygens (including phenoxy) is 2. The van der Waals surface area contributed by atoms with E-state index in [2.05, 4.69) is 11.9 Å². The Morgan fingerprint density at radius 1 is 1.07 bits per heavy atom. The maximum Gasteiger partial charge on any atom is 0.330 e. The van der Waals surface area contributed by atoms with E-state index >= 15 is 0 Å². The lowest BCUT2D eigenvalue weighted by Gasteiger charge is -2.23. The highest BCUT2D eigenvalue weighted by molar-refractivity contribution is 5.83. The average Bonchev–Trinajstić information content (AvgIpc) is 2.64. The summed E-state index contributed by atoms with van der Waals surface area (Å²) in [5.74, 6) is -0.585. The van der Waals surface area contributed by atoms with Gasteiger partial charge in [0.25, 0.3) is 0 Å². The van der Waals surface area contributed by atoms with Gasteiger partial charge in [0.2, 0.25) is 0 Å². The van der Waals surface area contributed by atoms with Gasteiger partial charge in [-0.1, -0.05) is 50.1 Å². The molecule has 0 heterocycles. The largest absolute Gasteiger partial charge is 0.462 e. The van der Waals surface area contributed by atoms with Crippen molar-refractivity contribution in [2.24, 2.45) is 10.7 Å². The van der Waals surface area contributed by atoms with Crippen molar-refractivity contribution >= 4 is 18.2 Å². The number of hydrogen-bond donors (Lipinski definition) is 1. The number of benzene rings is 1. The molecule has 6 nitrogen and oxygen atoms in total. The first-order valence-electron chi connectivity index (χ1n) is 10.3. The highest BCUT2D eigenvalue weighted by Crippen LogP contribution is 2.13. The molecular formula is C23H38N2O4. The minimum absolute atomic E-state index is 0.0861. The number of nitrogens with two attached hydrogens (primary N) is 1. The molecule has 1 rings (SSSR count). The van der Waals surface area contributed by atoms with Gasteiger partial charge >= 0.3 is 11.9 Å². The maximum absolute atomic E-state index is 11.4. The van der Waals surface area contributed by atoms with Crippen LogP contribution in [0.25, 0.3) is 0 Å². The van der Waals surface area contributed by atoms with Crippen LogP contribution in [0.1, 0.15) is 73.3 Å². The number of unbranched alkanes of at least 4 members (excludes halogenated alkanes) is 1. The van der Waals surface area contributed by atoms with E-state index in [1.165, 1.54) is 0 Å². The second kappa shape index (κ2) is 13.9. The van der Waals surface area contributed by atoms with Gasteiger partial charge in [0.05, 0.1) is 12.2 Å². The molecule has 0 fully saturated rings. The molecule has 0 saturated carbocycles. The van der Waals surface area contributed by atoms with Gasteiger partial charge in [0, 0.05) is 6.21 Å². The van der Waals surface area contributed by atoms with Crippen molar-refractivity contribution in [2.75, 3.05) is 0 Å². The summed E-state index contributed by atoms with van der Waals surface area (Å²) in [6.45, 7) is 12.8. The molecule has 0 aliphatic carbocycles. The van der Waals surface area contributed by atoms with Crippen LogP contribution >= 0.6 is 0 Å². The van der Waals surface area contributed by atoms with Gasteiger partial charge in [-0.3, -0.25) is 9.79 Å². The molecule has 1 aromatic carbocycles. The lowest BCUT2D eigenvalue weighted by Crippen LogP contribution is -2.46. The van der Waals surface area contributed by atoms with E-state index in [1.807, 2.05) is 58.0 Å². The lowest BCUT2D eigenvalue weighted by molar-refractivity contribution is -0.153. The molecule has 0 radical (unpaired) electrons. The Balaban J connectivity index is 0.000000555. The Morgan fingerprint density at radius 2 is 1.62 bits per heavy atom. The topological polar surface area (TPSA) is 91.0 Å². The van der Waals surface area contributed by atoms with E-state index in [9.17, 15) is 9.59 Å². The fraction of sp³-hybridized carbons (Fsp3) is 0.609. The molecular weight excluding hydrogens is 368 g/mol. The van der Waals surface area contributed by atoms with Crippen LogP contribution in [-0.2, 0) is 19.1 Å². The summed E-state index contributed by atoms with van der Waals surface area (Å²) >= 11 is 0. The fourth-order valence-corrected chi connectivity index (χ4v) is 2.12. The molecule has 0 spiro atoms. The molecule has 0 amide bonds. The molecule has 2 unspecified atom stereocenters. The van der Waals surface area contributed by atoms with E-state index < -0.39 is 11.6 Å². The van der Waals surface area contributed by atoms with E-state index in [0.717, 1.165) is 18.4 Å². The molecule has 0 bridgehead atoms. The van der Waals surface area contributed by atoms with Crippen molar-refractivity contribution < 1.29 is 19.1 Å². The van der Waals surface area contributed by atoms with E-state index in [4.69, 9.17) is 15.2 Å². The van der Waals surface area contributed by atoms with Gasteiger partial charge in [-0.25, -0.2) is 4.79 Å². The van der Waals surface area contributed by atoms with Gasteiger partial charge in [0.15, 0.2) is 0 Å². The minimum Gasteiger partial charge on any atom is -0.462 e. The summed E-state index contributed by atoms with van der Waals surface area (Å²) in [5, 5.41) is 0. The zero-order chi connectivity index (χ0) is 22.4. The zero-order valence-corrected chi connectivity index (χ0v) is 19.0. The second-order valence-corrected chi connectivity index (χ2v) is 7.83. The van der Waals surface area contributed by atoms with Crippen molar-refractivity contribution in [3.63, 3.8) is 0 Å². The Hall–Kier alpha value is -2.21. The normalized spacial score (nSPS) is 14.1. The number of esters is 2. The molecule has 0 saturated heterocycles. The van der Waals surface area contributed by atoms with Crippen LogP contribution in [0.4, 0.5) is 0 Å². The molecule has 0 aliphatic rings. The van der Waals surface area contributed by atoms with Crippen molar-refractivity contribution in [1.29, 1.82) is 0 Å². The summed E-state index contributed by atoms with van der Waals surface area (Å²) in [6.07, 6.45) is 4.20. The van der Waals surface area contributed by atoms with Gasteiger partial charge in [0.1, 0.15) is 11.6 Å². The summed E-state index contributed by atoms with van der Waals surface area (Å²) < 4.78 is 10.1. The first-order valence-corrected chi connectivity index (χ1v) is 10.3. The Morgan fingerprint density at radius 3 is 2.10 bits per heavy atom. The summed E-state index contributed by atoms with van der Waals surface area (Å²) in [7, 11) is 0. The molecule has 6 heteroatoms. The third-order valence-electron chi connectivity index (χ3n) is 3.80. The predicted octanol–water partition coefficient (Wildman–Crippen LogP) is 4.29. The van der Waals surface area contributed by atoms with Gasteiger partial charge < -0.3 is 15.2 Å². The van der Waals surface area contributed by atoms with E-state index in [1.54, 1.807) is 20.1 Å². The second-order valence-electron chi connectivity index (χ2n) is 7.83. The molecule has 0 aliphatic heterocycles. The van der Waals surface area contributed by atoms with Gasteiger partial charge in [-0.05, 0) is 53.5 Å². The summed E-state index contributed by atoms with van der Waals surface area (Å²) in [6, 6.07) is 9.21. The minimum atomic E-state index is -0.819. The van der Waals surface area contributed by atoms with Crippen LogP contribution in [0, 0.1) is 0 Å². The predicted molar refractivity (Wildman–Crippen MR) is 118 cm³/mol. The van der Waals surface area contributed by atoms with Crippen molar-refractivity contribution in [1.82, 2.24) is 0 Å². The molecule has 164 valence electrons. The first-order chi connectivity index (χ1) is 13.5. The number of aliphatic imine (C=N–C) groups is 1. The van der Waals surface area contributed by atoms with Crippen LogP contribution in [-0.4, -0.2) is 41.9 Å². The average molecular weight is 407 g/mol. The highest BCUT2D eigenvalue weighted by Gasteiger charge is 2.29. The van der Waals surface area contributed by atoms with Crippen LogP contribution in [0.3, 0.4) is 0 Å². The molecule has 2 atom stereocenters. The molecule has 29 heavy (non-hydrogen) atoms. The number of hydrogen-bond acceptors (Lipinski definition) is 6. The quantitative estimate of drug-likeness (QED) is 0.488. The highest BCUT2D eigenvalue weighted by atomic mass is 16.5. The van der Waals surface area contributed by atoms with Crippen LogP contribution < -0.4 is 5.73 Å². The zero-order valence-electron chi connectivity index (χ0n) is 19.0. The first kappa shape index (κ1) is 26.8. The fourth-order valence-electron chi connectivity index (χ4n) is 2.12.